The van der Waals surface area contributed by atoms with E-state index in [0.717, 1.165) is 5.56 Å². The standard InChI is InChI=1S/C19H21NO6/c1-24-15-10-12(11-16(25-2)18(15)26-3)4-9-17(21)20-14-7-5-13(6-8-14)19(22)23/h5-8,10-11H,4,9H2,1-3H3,(H,20,21)(H,22,23). The number of carboxylic acids is 1. The summed E-state index contributed by atoms with van der Waals surface area (Å²) in [5, 5.41) is 11.6. The maximum atomic E-state index is 12.1. The Morgan fingerprint density at radius 3 is 2.00 bits per heavy atom. The van der Waals surface area contributed by atoms with Gasteiger partial charge < -0.3 is 24.6 Å². The molecule has 0 atom stereocenters. The molecule has 2 rings (SSSR count). The first-order chi connectivity index (χ1) is 12.5. The van der Waals surface area contributed by atoms with Crippen LogP contribution in [0.5, 0.6) is 17.2 Å². The van der Waals surface area contributed by atoms with Crippen LogP contribution in [0.1, 0.15) is 22.3 Å². The SMILES string of the molecule is COc1cc(CCC(=O)Nc2ccc(C(=O)O)cc2)cc(OC)c1OC. The lowest BCUT2D eigenvalue weighted by Crippen LogP contribution is -2.12. The summed E-state index contributed by atoms with van der Waals surface area (Å²) in [4.78, 5) is 22.9. The van der Waals surface area contributed by atoms with Gasteiger partial charge >= 0.3 is 5.97 Å². The van der Waals surface area contributed by atoms with Crippen molar-refractivity contribution >= 4 is 17.6 Å². The highest BCUT2D eigenvalue weighted by Crippen LogP contribution is 2.38. The van der Waals surface area contributed by atoms with Crippen LogP contribution in [0.3, 0.4) is 0 Å². The predicted octanol–water partition coefficient (Wildman–Crippen LogP) is 2.98. The van der Waals surface area contributed by atoms with Crippen molar-refractivity contribution in [3.05, 3.63) is 47.5 Å². The van der Waals surface area contributed by atoms with Gasteiger partial charge in [-0.3, -0.25) is 4.79 Å². The molecule has 138 valence electrons. The van der Waals surface area contributed by atoms with Crippen molar-refractivity contribution < 1.29 is 28.9 Å². The second-order valence-electron chi connectivity index (χ2n) is 5.46. The summed E-state index contributed by atoms with van der Waals surface area (Å²) >= 11 is 0. The van der Waals surface area contributed by atoms with Crippen LogP contribution in [0.4, 0.5) is 5.69 Å². The highest BCUT2D eigenvalue weighted by Gasteiger charge is 2.14. The highest BCUT2D eigenvalue weighted by molar-refractivity contribution is 5.92. The number of methoxy groups -OCH3 is 3. The first-order valence-electron chi connectivity index (χ1n) is 7.90. The average molecular weight is 359 g/mol. The molecule has 0 spiro atoms. The van der Waals surface area contributed by atoms with E-state index in [2.05, 4.69) is 5.32 Å². The van der Waals surface area contributed by atoms with E-state index >= 15 is 0 Å². The fourth-order valence-corrected chi connectivity index (χ4v) is 2.46. The summed E-state index contributed by atoms with van der Waals surface area (Å²) in [7, 11) is 4.60. The molecule has 0 fully saturated rings. The van der Waals surface area contributed by atoms with Crippen molar-refractivity contribution in [2.75, 3.05) is 26.6 Å². The van der Waals surface area contributed by atoms with Crippen LogP contribution >= 0.6 is 0 Å². The van der Waals surface area contributed by atoms with Crippen molar-refractivity contribution in [2.24, 2.45) is 0 Å². The number of nitrogens with one attached hydrogen (secondary N) is 1. The topological polar surface area (TPSA) is 94.1 Å². The average Bonchev–Trinajstić information content (AvgIpc) is 2.65. The van der Waals surface area contributed by atoms with Gasteiger partial charge in [0.1, 0.15) is 0 Å². The maximum absolute atomic E-state index is 12.1. The smallest absolute Gasteiger partial charge is 0.335 e. The van der Waals surface area contributed by atoms with Crippen LogP contribution < -0.4 is 19.5 Å². The molecule has 0 aliphatic heterocycles. The third-order valence-corrected chi connectivity index (χ3v) is 3.78. The van der Waals surface area contributed by atoms with Crippen LogP contribution in [0.15, 0.2) is 36.4 Å². The number of benzene rings is 2. The number of aryl methyl sites for hydroxylation is 1. The molecule has 2 aromatic carbocycles. The van der Waals surface area contributed by atoms with Gasteiger partial charge in [0.25, 0.3) is 0 Å². The number of carbonyl (C=O) groups excluding carboxylic acids is 1. The van der Waals surface area contributed by atoms with E-state index in [1.807, 2.05) is 0 Å². The Kier molecular flexibility index (Phi) is 6.43. The first kappa shape index (κ1) is 19.1. The second kappa shape index (κ2) is 8.75. The third kappa shape index (κ3) is 4.66. The van der Waals surface area contributed by atoms with E-state index in [1.54, 1.807) is 24.3 Å². The molecule has 7 heteroatoms. The minimum atomic E-state index is -1.01. The Balaban J connectivity index is 2.01. The summed E-state index contributed by atoms with van der Waals surface area (Å²) in [5.41, 5.74) is 1.58. The number of rotatable bonds is 8. The molecule has 0 saturated carbocycles. The van der Waals surface area contributed by atoms with Crippen molar-refractivity contribution in [1.82, 2.24) is 0 Å². The van der Waals surface area contributed by atoms with Crippen molar-refractivity contribution in [3.63, 3.8) is 0 Å². The lowest BCUT2D eigenvalue weighted by atomic mass is 10.1. The minimum Gasteiger partial charge on any atom is -0.493 e. The van der Waals surface area contributed by atoms with Gasteiger partial charge in [-0.2, -0.15) is 0 Å². The summed E-state index contributed by atoms with van der Waals surface area (Å²) in [6.07, 6.45) is 0.731. The van der Waals surface area contributed by atoms with E-state index in [-0.39, 0.29) is 17.9 Å². The molecule has 0 unspecified atom stereocenters. The molecule has 0 radical (unpaired) electrons. The Bertz CT molecular complexity index is 760. The van der Waals surface area contributed by atoms with Crippen LogP contribution in [0.2, 0.25) is 0 Å². The summed E-state index contributed by atoms with van der Waals surface area (Å²) in [5.74, 6) is 0.381. The minimum absolute atomic E-state index is 0.167. The lowest BCUT2D eigenvalue weighted by Gasteiger charge is -2.14. The fraction of sp³-hybridized carbons (Fsp3) is 0.263. The number of ether oxygens (including phenoxy) is 3. The van der Waals surface area contributed by atoms with E-state index in [4.69, 9.17) is 19.3 Å². The van der Waals surface area contributed by atoms with E-state index in [0.29, 0.717) is 29.4 Å². The van der Waals surface area contributed by atoms with Crippen LogP contribution in [0.25, 0.3) is 0 Å². The number of hydrogen-bond acceptors (Lipinski definition) is 5. The van der Waals surface area contributed by atoms with Gasteiger partial charge in [0.05, 0.1) is 26.9 Å². The highest BCUT2D eigenvalue weighted by atomic mass is 16.5. The molecule has 0 saturated heterocycles. The molecule has 0 aliphatic carbocycles. The number of aromatic carboxylic acids is 1. The Morgan fingerprint density at radius 1 is 0.962 bits per heavy atom. The largest absolute Gasteiger partial charge is 0.493 e. The van der Waals surface area contributed by atoms with Gasteiger partial charge in [-0.05, 0) is 48.4 Å². The van der Waals surface area contributed by atoms with Gasteiger partial charge in [0.15, 0.2) is 11.5 Å². The zero-order valence-electron chi connectivity index (χ0n) is 14.9. The number of hydrogen-bond donors (Lipinski definition) is 2. The molecule has 2 aromatic rings. The monoisotopic (exact) mass is 359 g/mol. The van der Waals surface area contributed by atoms with Gasteiger partial charge in [-0.15, -0.1) is 0 Å². The molecule has 1 amide bonds. The number of carboxylic acid groups (broad SMARTS) is 1. The molecule has 2 N–H and O–H groups in total. The van der Waals surface area contributed by atoms with E-state index in [1.165, 1.54) is 33.5 Å². The second-order valence-corrected chi connectivity index (χ2v) is 5.46. The molecular weight excluding hydrogens is 338 g/mol. The van der Waals surface area contributed by atoms with Crippen molar-refractivity contribution in [2.45, 2.75) is 12.8 Å². The number of carbonyl (C=O) groups is 2. The molecule has 26 heavy (non-hydrogen) atoms. The molecular formula is C19H21NO6. The van der Waals surface area contributed by atoms with E-state index in [9.17, 15) is 9.59 Å². The van der Waals surface area contributed by atoms with Gasteiger partial charge in [0, 0.05) is 12.1 Å². The predicted molar refractivity (Wildman–Crippen MR) is 96.5 cm³/mol. The zero-order valence-corrected chi connectivity index (χ0v) is 14.9. The fourth-order valence-electron chi connectivity index (χ4n) is 2.46. The third-order valence-electron chi connectivity index (χ3n) is 3.78. The van der Waals surface area contributed by atoms with Crippen molar-refractivity contribution in [1.29, 1.82) is 0 Å². The summed E-state index contributed by atoms with van der Waals surface area (Å²) in [6.45, 7) is 0. The lowest BCUT2D eigenvalue weighted by molar-refractivity contribution is -0.116. The maximum Gasteiger partial charge on any atom is 0.335 e. The Morgan fingerprint density at radius 2 is 1.54 bits per heavy atom. The summed E-state index contributed by atoms with van der Waals surface area (Å²) in [6, 6.07) is 9.60. The molecule has 0 heterocycles. The zero-order chi connectivity index (χ0) is 19.1. The number of anilines is 1. The Hall–Kier alpha value is -3.22. The van der Waals surface area contributed by atoms with Crippen molar-refractivity contribution in [3.8, 4) is 17.2 Å². The van der Waals surface area contributed by atoms with Crippen LogP contribution in [0, 0.1) is 0 Å². The molecule has 7 nitrogen and oxygen atoms in total. The van der Waals surface area contributed by atoms with E-state index < -0.39 is 5.97 Å². The normalized spacial score (nSPS) is 10.1. The molecule has 0 aromatic heterocycles. The quantitative estimate of drug-likeness (QED) is 0.752. The Labute approximate surface area is 151 Å². The van der Waals surface area contributed by atoms with Gasteiger partial charge in [0.2, 0.25) is 11.7 Å². The van der Waals surface area contributed by atoms with Gasteiger partial charge in [-0.1, -0.05) is 0 Å². The number of amides is 1. The first-order valence-corrected chi connectivity index (χ1v) is 7.90. The molecule has 0 bridgehead atoms. The van der Waals surface area contributed by atoms with Crippen LogP contribution in [-0.2, 0) is 11.2 Å². The van der Waals surface area contributed by atoms with Crippen LogP contribution in [-0.4, -0.2) is 38.3 Å². The van der Waals surface area contributed by atoms with Gasteiger partial charge in [-0.25, -0.2) is 4.79 Å². The molecule has 0 aliphatic rings. The summed E-state index contributed by atoms with van der Waals surface area (Å²) < 4.78 is 15.9.